The molecule has 1 saturated heterocycles. The molecule has 3 heteroatoms. The van der Waals surface area contributed by atoms with Gasteiger partial charge in [-0.05, 0) is 50.8 Å². The van der Waals surface area contributed by atoms with E-state index in [-0.39, 0.29) is 6.04 Å². The molecule has 16 heavy (non-hydrogen) atoms. The normalized spacial score (nSPS) is 23.2. The van der Waals surface area contributed by atoms with Crippen LogP contribution in [0.2, 0.25) is 0 Å². The van der Waals surface area contributed by atoms with Crippen LogP contribution in [0.5, 0.6) is 0 Å². The molecule has 2 N–H and O–H groups in total. The smallest absolute Gasteiger partial charge is 0.129 e. The molecule has 1 aliphatic rings. The largest absolute Gasteiger partial charge is 0.354 e. The van der Waals surface area contributed by atoms with Crippen molar-refractivity contribution >= 4 is 5.82 Å². The number of aromatic nitrogens is 1. The first-order chi connectivity index (χ1) is 7.68. The molecular formula is C13H21N3. The third kappa shape index (κ3) is 2.35. The summed E-state index contributed by atoms with van der Waals surface area (Å²) in [6.07, 6.45) is 5.75. The molecule has 1 aromatic heterocycles. The van der Waals surface area contributed by atoms with E-state index in [9.17, 15) is 0 Å². The molecule has 0 spiro atoms. The second kappa shape index (κ2) is 4.83. The highest BCUT2D eigenvalue weighted by molar-refractivity contribution is 5.43. The van der Waals surface area contributed by atoms with E-state index in [1.807, 2.05) is 19.2 Å². The summed E-state index contributed by atoms with van der Waals surface area (Å²) < 4.78 is 0. The van der Waals surface area contributed by atoms with Crippen LogP contribution < -0.4 is 10.6 Å². The SMILES string of the molecule is CC(N)c1ccnc(N2CCCCC2C)c1. The Morgan fingerprint density at radius 1 is 1.50 bits per heavy atom. The standard InChI is InChI=1S/C13H21N3/c1-10-5-3-4-8-16(10)13-9-12(11(2)14)6-7-15-13/h6-7,9-11H,3-5,8,14H2,1-2H3. The molecule has 2 rings (SSSR count). The van der Waals surface area contributed by atoms with Crippen LogP contribution in [0.25, 0.3) is 0 Å². The minimum Gasteiger partial charge on any atom is -0.354 e. The summed E-state index contributed by atoms with van der Waals surface area (Å²) in [5.74, 6) is 1.09. The van der Waals surface area contributed by atoms with Gasteiger partial charge in [-0.1, -0.05) is 0 Å². The number of nitrogens with zero attached hydrogens (tertiary/aromatic N) is 2. The molecule has 0 radical (unpaired) electrons. The predicted octanol–water partition coefficient (Wildman–Crippen LogP) is 2.48. The van der Waals surface area contributed by atoms with Gasteiger partial charge in [0.05, 0.1) is 0 Å². The first-order valence-electron chi connectivity index (χ1n) is 6.16. The number of nitrogens with two attached hydrogens (primary N) is 1. The molecule has 1 aliphatic heterocycles. The number of hydrogen-bond acceptors (Lipinski definition) is 3. The van der Waals surface area contributed by atoms with Crippen molar-refractivity contribution in [2.24, 2.45) is 5.73 Å². The molecule has 0 amide bonds. The average molecular weight is 219 g/mol. The lowest BCUT2D eigenvalue weighted by Crippen LogP contribution is -2.38. The Hall–Kier alpha value is -1.09. The van der Waals surface area contributed by atoms with E-state index in [0.29, 0.717) is 6.04 Å². The fourth-order valence-electron chi connectivity index (χ4n) is 2.31. The molecule has 0 aromatic carbocycles. The summed E-state index contributed by atoms with van der Waals surface area (Å²) in [4.78, 5) is 6.86. The molecule has 0 aliphatic carbocycles. The predicted molar refractivity (Wildman–Crippen MR) is 67.5 cm³/mol. The van der Waals surface area contributed by atoms with Crippen LogP contribution in [0, 0.1) is 0 Å². The van der Waals surface area contributed by atoms with Crippen molar-refractivity contribution in [1.82, 2.24) is 4.98 Å². The van der Waals surface area contributed by atoms with Crippen LogP contribution in [0.3, 0.4) is 0 Å². The zero-order valence-corrected chi connectivity index (χ0v) is 10.2. The Kier molecular flexibility index (Phi) is 3.44. The van der Waals surface area contributed by atoms with Crippen molar-refractivity contribution < 1.29 is 0 Å². The minimum absolute atomic E-state index is 0.0850. The monoisotopic (exact) mass is 219 g/mol. The Morgan fingerprint density at radius 3 is 3.00 bits per heavy atom. The van der Waals surface area contributed by atoms with Crippen LogP contribution in [0.15, 0.2) is 18.3 Å². The van der Waals surface area contributed by atoms with E-state index in [0.717, 1.165) is 12.4 Å². The van der Waals surface area contributed by atoms with Crippen LogP contribution in [0.1, 0.15) is 44.7 Å². The van der Waals surface area contributed by atoms with E-state index in [1.165, 1.54) is 24.8 Å². The summed E-state index contributed by atoms with van der Waals surface area (Å²) in [5, 5.41) is 0. The van der Waals surface area contributed by atoms with Crippen molar-refractivity contribution in [1.29, 1.82) is 0 Å². The number of hydrogen-bond donors (Lipinski definition) is 1. The number of anilines is 1. The van der Waals surface area contributed by atoms with Crippen molar-refractivity contribution in [3.05, 3.63) is 23.9 Å². The average Bonchev–Trinajstić information content (AvgIpc) is 2.30. The third-order valence-electron chi connectivity index (χ3n) is 3.39. The lowest BCUT2D eigenvalue weighted by atomic mass is 10.0. The van der Waals surface area contributed by atoms with Gasteiger partial charge < -0.3 is 10.6 Å². The van der Waals surface area contributed by atoms with Gasteiger partial charge in [0.25, 0.3) is 0 Å². The Balaban J connectivity index is 2.21. The maximum Gasteiger partial charge on any atom is 0.129 e. The van der Waals surface area contributed by atoms with E-state index < -0.39 is 0 Å². The van der Waals surface area contributed by atoms with Crippen molar-refractivity contribution in [3.8, 4) is 0 Å². The van der Waals surface area contributed by atoms with Gasteiger partial charge in [-0.25, -0.2) is 4.98 Å². The first-order valence-corrected chi connectivity index (χ1v) is 6.16. The molecule has 2 unspecified atom stereocenters. The third-order valence-corrected chi connectivity index (χ3v) is 3.39. The summed E-state index contributed by atoms with van der Waals surface area (Å²) >= 11 is 0. The number of piperidine rings is 1. The summed E-state index contributed by atoms with van der Waals surface area (Å²) in [7, 11) is 0. The summed E-state index contributed by atoms with van der Waals surface area (Å²) in [6.45, 7) is 5.41. The van der Waals surface area contributed by atoms with Crippen LogP contribution >= 0.6 is 0 Å². The van der Waals surface area contributed by atoms with Gasteiger partial charge >= 0.3 is 0 Å². The quantitative estimate of drug-likeness (QED) is 0.831. The highest BCUT2D eigenvalue weighted by Gasteiger charge is 2.19. The van der Waals surface area contributed by atoms with Gasteiger partial charge in [0.15, 0.2) is 0 Å². The Morgan fingerprint density at radius 2 is 2.31 bits per heavy atom. The van der Waals surface area contributed by atoms with E-state index in [4.69, 9.17) is 5.73 Å². The number of rotatable bonds is 2. The van der Waals surface area contributed by atoms with Gasteiger partial charge in [-0.2, -0.15) is 0 Å². The van der Waals surface area contributed by atoms with E-state index >= 15 is 0 Å². The fraction of sp³-hybridized carbons (Fsp3) is 0.615. The summed E-state index contributed by atoms with van der Waals surface area (Å²) in [5.41, 5.74) is 7.07. The topological polar surface area (TPSA) is 42.1 Å². The van der Waals surface area contributed by atoms with Crippen molar-refractivity contribution in [2.75, 3.05) is 11.4 Å². The zero-order chi connectivity index (χ0) is 11.5. The molecule has 1 fully saturated rings. The second-order valence-corrected chi connectivity index (χ2v) is 4.77. The van der Waals surface area contributed by atoms with Crippen molar-refractivity contribution in [3.63, 3.8) is 0 Å². The van der Waals surface area contributed by atoms with Gasteiger partial charge in [0.2, 0.25) is 0 Å². The maximum atomic E-state index is 5.90. The zero-order valence-electron chi connectivity index (χ0n) is 10.2. The molecule has 2 atom stereocenters. The molecule has 88 valence electrons. The molecule has 3 nitrogen and oxygen atoms in total. The van der Waals surface area contributed by atoms with Crippen LogP contribution in [-0.4, -0.2) is 17.6 Å². The highest BCUT2D eigenvalue weighted by Crippen LogP contribution is 2.24. The number of pyridine rings is 1. The van der Waals surface area contributed by atoms with E-state index in [2.05, 4.69) is 22.9 Å². The minimum atomic E-state index is 0.0850. The Bertz CT molecular complexity index is 349. The molecular weight excluding hydrogens is 198 g/mol. The van der Waals surface area contributed by atoms with Gasteiger partial charge in [0.1, 0.15) is 5.82 Å². The van der Waals surface area contributed by atoms with E-state index in [1.54, 1.807) is 0 Å². The van der Waals surface area contributed by atoms with Crippen LogP contribution in [0.4, 0.5) is 5.82 Å². The van der Waals surface area contributed by atoms with Crippen molar-refractivity contribution in [2.45, 2.75) is 45.2 Å². The summed E-state index contributed by atoms with van der Waals surface area (Å²) in [6, 6.07) is 4.82. The maximum absolute atomic E-state index is 5.90. The van der Waals surface area contributed by atoms with Gasteiger partial charge in [-0.3, -0.25) is 0 Å². The molecule has 0 bridgehead atoms. The first kappa shape index (κ1) is 11.4. The molecule has 1 aromatic rings. The fourth-order valence-corrected chi connectivity index (χ4v) is 2.31. The van der Waals surface area contributed by atoms with Crippen LogP contribution in [-0.2, 0) is 0 Å². The lowest BCUT2D eigenvalue weighted by molar-refractivity contribution is 0.481. The molecule has 0 saturated carbocycles. The highest BCUT2D eigenvalue weighted by atomic mass is 15.2. The molecule has 2 heterocycles. The van der Waals surface area contributed by atoms with Gasteiger partial charge in [0, 0.05) is 24.8 Å². The lowest BCUT2D eigenvalue weighted by Gasteiger charge is -2.34. The van der Waals surface area contributed by atoms with Gasteiger partial charge in [-0.15, -0.1) is 0 Å². The second-order valence-electron chi connectivity index (χ2n) is 4.77. The Labute approximate surface area is 97.7 Å².